The lowest BCUT2D eigenvalue weighted by atomic mass is 10.0. The summed E-state index contributed by atoms with van der Waals surface area (Å²) in [6.45, 7) is 2.63. The van der Waals surface area contributed by atoms with Crippen LogP contribution in [0.1, 0.15) is 31.7 Å². The Balaban J connectivity index is 1.59. The number of nitrogens with zero attached hydrogens (tertiary/aromatic N) is 1. The molecule has 160 valence electrons. The van der Waals surface area contributed by atoms with Crippen molar-refractivity contribution in [3.8, 4) is 5.75 Å². The van der Waals surface area contributed by atoms with Crippen LogP contribution in [-0.2, 0) is 9.59 Å². The Morgan fingerprint density at radius 3 is 2.55 bits per heavy atom. The molecule has 0 bridgehead atoms. The standard InChI is InChI=1S/C24H24ClN3O3/c1-2-15-31-22-12-11-17-7-3-4-8-18(17)19(22)16-26-28-24(30)14-13-23(29)27-21-10-6-5-9-20(21)25/h3-12,16H,2,13-15H2,1H3,(H,27,29)(H,28,30). The van der Waals surface area contributed by atoms with Crippen molar-refractivity contribution < 1.29 is 14.3 Å². The fourth-order valence-electron chi connectivity index (χ4n) is 2.97. The van der Waals surface area contributed by atoms with Crippen molar-refractivity contribution in [2.24, 2.45) is 5.10 Å². The summed E-state index contributed by atoms with van der Waals surface area (Å²) < 4.78 is 5.83. The lowest BCUT2D eigenvalue weighted by Crippen LogP contribution is -2.20. The maximum Gasteiger partial charge on any atom is 0.240 e. The third-order valence-electron chi connectivity index (χ3n) is 4.50. The van der Waals surface area contributed by atoms with Crippen LogP contribution in [0, 0.1) is 0 Å². The maximum atomic E-state index is 12.1. The van der Waals surface area contributed by atoms with E-state index in [0.29, 0.717) is 23.1 Å². The van der Waals surface area contributed by atoms with Crippen LogP contribution >= 0.6 is 11.6 Å². The molecule has 3 aromatic carbocycles. The summed E-state index contributed by atoms with van der Waals surface area (Å²) in [5.41, 5.74) is 3.79. The maximum absolute atomic E-state index is 12.1. The Morgan fingerprint density at radius 1 is 1.00 bits per heavy atom. The molecule has 7 heteroatoms. The number of fused-ring (bicyclic) bond motifs is 1. The molecular formula is C24H24ClN3O3. The molecule has 3 aromatic rings. The highest BCUT2D eigenvalue weighted by Gasteiger charge is 2.10. The van der Waals surface area contributed by atoms with Crippen molar-refractivity contribution in [2.45, 2.75) is 26.2 Å². The van der Waals surface area contributed by atoms with E-state index in [9.17, 15) is 9.59 Å². The minimum absolute atomic E-state index is 0.00234. The Morgan fingerprint density at radius 2 is 1.74 bits per heavy atom. The number of hydrogen-bond acceptors (Lipinski definition) is 4. The van der Waals surface area contributed by atoms with Crippen LogP contribution in [0.15, 0.2) is 65.8 Å². The van der Waals surface area contributed by atoms with Crippen molar-refractivity contribution in [1.29, 1.82) is 0 Å². The number of ether oxygens (including phenoxy) is 1. The molecule has 6 nitrogen and oxygen atoms in total. The summed E-state index contributed by atoms with van der Waals surface area (Å²) in [6, 6.07) is 18.7. The van der Waals surface area contributed by atoms with Crippen LogP contribution in [0.5, 0.6) is 5.75 Å². The van der Waals surface area contributed by atoms with E-state index in [4.69, 9.17) is 16.3 Å². The van der Waals surface area contributed by atoms with Gasteiger partial charge in [0.2, 0.25) is 11.8 Å². The van der Waals surface area contributed by atoms with E-state index in [1.54, 1.807) is 30.5 Å². The highest BCUT2D eigenvalue weighted by Crippen LogP contribution is 2.27. The molecule has 3 rings (SSSR count). The lowest BCUT2D eigenvalue weighted by molar-refractivity contribution is -0.124. The first-order chi connectivity index (χ1) is 15.1. The predicted octanol–water partition coefficient (Wildman–Crippen LogP) is 5.15. The number of carbonyl (C=O) groups is 2. The number of nitrogens with one attached hydrogen (secondary N) is 2. The Kier molecular flexibility index (Phi) is 8.01. The first-order valence-electron chi connectivity index (χ1n) is 10.1. The van der Waals surface area contributed by atoms with E-state index < -0.39 is 0 Å². The van der Waals surface area contributed by atoms with Crippen molar-refractivity contribution >= 4 is 46.1 Å². The van der Waals surface area contributed by atoms with Crippen LogP contribution in [0.4, 0.5) is 5.69 Å². The van der Waals surface area contributed by atoms with Crippen LogP contribution in [0.25, 0.3) is 10.8 Å². The molecular weight excluding hydrogens is 414 g/mol. The van der Waals surface area contributed by atoms with Gasteiger partial charge in [-0.1, -0.05) is 61.0 Å². The highest BCUT2D eigenvalue weighted by molar-refractivity contribution is 6.33. The summed E-state index contributed by atoms with van der Waals surface area (Å²) in [5.74, 6) is 0.0519. The van der Waals surface area contributed by atoms with Crippen LogP contribution in [0.3, 0.4) is 0 Å². The molecule has 31 heavy (non-hydrogen) atoms. The first kappa shape index (κ1) is 22.3. The average molecular weight is 438 g/mol. The predicted molar refractivity (Wildman–Crippen MR) is 125 cm³/mol. The summed E-state index contributed by atoms with van der Waals surface area (Å²) >= 11 is 6.02. The van der Waals surface area contributed by atoms with Gasteiger partial charge in [-0.2, -0.15) is 5.10 Å². The number of halogens is 1. The van der Waals surface area contributed by atoms with Crippen molar-refractivity contribution in [3.63, 3.8) is 0 Å². The molecule has 0 aliphatic rings. The zero-order chi connectivity index (χ0) is 22.1. The molecule has 2 N–H and O–H groups in total. The van der Waals surface area contributed by atoms with Gasteiger partial charge in [-0.25, -0.2) is 5.43 Å². The van der Waals surface area contributed by atoms with Gasteiger partial charge in [0.05, 0.1) is 23.5 Å². The highest BCUT2D eigenvalue weighted by atomic mass is 35.5. The molecule has 0 heterocycles. The molecule has 0 atom stereocenters. The second kappa shape index (κ2) is 11.1. The summed E-state index contributed by atoms with van der Waals surface area (Å²) in [4.78, 5) is 24.2. The van der Waals surface area contributed by atoms with Gasteiger partial charge >= 0.3 is 0 Å². The third kappa shape index (κ3) is 6.30. The van der Waals surface area contributed by atoms with Crippen LogP contribution in [-0.4, -0.2) is 24.6 Å². The number of hydrogen-bond donors (Lipinski definition) is 2. The average Bonchev–Trinajstić information content (AvgIpc) is 2.78. The fraction of sp³-hybridized carbons (Fsp3) is 0.208. The second-order valence-corrected chi connectivity index (χ2v) is 7.28. The Hall–Kier alpha value is -3.38. The van der Waals surface area contributed by atoms with E-state index >= 15 is 0 Å². The molecule has 0 fully saturated rings. The third-order valence-corrected chi connectivity index (χ3v) is 4.83. The largest absolute Gasteiger partial charge is 0.493 e. The van der Waals surface area contributed by atoms with E-state index in [0.717, 1.165) is 22.8 Å². The normalized spacial score (nSPS) is 10.9. The van der Waals surface area contributed by atoms with Gasteiger partial charge < -0.3 is 10.1 Å². The Labute approximate surface area is 186 Å². The van der Waals surface area contributed by atoms with E-state index in [1.165, 1.54) is 0 Å². The summed E-state index contributed by atoms with van der Waals surface area (Å²) in [5, 5.41) is 9.24. The van der Waals surface area contributed by atoms with Crippen molar-refractivity contribution in [3.05, 3.63) is 71.2 Å². The van der Waals surface area contributed by atoms with Gasteiger partial charge in [0.1, 0.15) is 5.75 Å². The van der Waals surface area contributed by atoms with Crippen LogP contribution < -0.4 is 15.5 Å². The smallest absolute Gasteiger partial charge is 0.240 e. The van der Waals surface area contributed by atoms with Crippen molar-refractivity contribution in [1.82, 2.24) is 5.43 Å². The SMILES string of the molecule is CCCOc1ccc2ccccc2c1C=NNC(=O)CCC(=O)Nc1ccccc1Cl. The molecule has 0 saturated carbocycles. The van der Waals surface area contributed by atoms with Gasteiger partial charge in [-0.3, -0.25) is 9.59 Å². The number of benzene rings is 3. The number of para-hydroxylation sites is 1. The number of amides is 2. The molecule has 0 aliphatic heterocycles. The molecule has 0 spiro atoms. The fourth-order valence-corrected chi connectivity index (χ4v) is 3.16. The van der Waals surface area contributed by atoms with Crippen molar-refractivity contribution in [2.75, 3.05) is 11.9 Å². The molecule has 0 radical (unpaired) electrons. The Bertz CT molecular complexity index is 1100. The monoisotopic (exact) mass is 437 g/mol. The van der Waals surface area contributed by atoms with Gasteiger partial charge in [0.25, 0.3) is 0 Å². The summed E-state index contributed by atoms with van der Waals surface area (Å²) in [7, 11) is 0. The van der Waals surface area contributed by atoms with Crippen LogP contribution in [0.2, 0.25) is 5.02 Å². The minimum Gasteiger partial charge on any atom is -0.493 e. The topological polar surface area (TPSA) is 79.8 Å². The number of carbonyl (C=O) groups excluding carboxylic acids is 2. The van der Waals surface area contributed by atoms with E-state index in [-0.39, 0.29) is 24.7 Å². The molecule has 0 saturated heterocycles. The molecule has 2 amide bonds. The summed E-state index contributed by atoms with van der Waals surface area (Å²) in [6.07, 6.45) is 2.49. The van der Waals surface area contributed by atoms with Gasteiger partial charge in [0.15, 0.2) is 0 Å². The van der Waals surface area contributed by atoms with Gasteiger partial charge in [0, 0.05) is 18.4 Å². The molecule has 0 aromatic heterocycles. The van der Waals surface area contributed by atoms with E-state index in [2.05, 4.69) is 15.8 Å². The zero-order valence-corrected chi connectivity index (χ0v) is 18.0. The van der Waals surface area contributed by atoms with Gasteiger partial charge in [-0.15, -0.1) is 0 Å². The second-order valence-electron chi connectivity index (χ2n) is 6.87. The lowest BCUT2D eigenvalue weighted by Gasteiger charge is -2.11. The zero-order valence-electron chi connectivity index (χ0n) is 17.2. The van der Waals surface area contributed by atoms with E-state index in [1.807, 2.05) is 43.3 Å². The number of hydrazone groups is 1. The molecule has 0 aliphatic carbocycles. The minimum atomic E-state index is -0.359. The first-order valence-corrected chi connectivity index (χ1v) is 10.5. The quantitative estimate of drug-likeness (QED) is 0.359. The number of anilines is 1. The number of rotatable bonds is 9. The molecule has 0 unspecified atom stereocenters. The van der Waals surface area contributed by atoms with Gasteiger partial charge in [-0.05, 0) is 35.4 Å².